The predicted molar refractivity (Wildman–Crippen MR) is 138 cm³/mol. The third kappa shape index (κ3) is 3.17. The van der Waals surface area contributed by atoms with E-state index in [1.54, 1.807) is 12.1 Å². The Hall–Kier alpha value is -4.07. The van der Waals surface area contributed by atoms with Crippen LogP contribution in [0.1, 0.15) is 0 Å². The molecule has 1 unspecified atom stereocenters. The van der Waals surface area contributed by atoms with Crippen LogP contribution < -0.4 is 15.1 Å². The van der Waals surface area contributed by atoms with Crippen molar-refractivity contribution in [3.05, 3.63) is 121 Å². The average Bonchev–Trinajstić information content (AvgIpc) is 2.89. The monoisotopic (exact) mass is 460 g/mol. The first-order chi connectivity index (χ1) is 16.7. The zero-order valence-corrected chi connectivity index (χ0v) is 19.2. The van der Waals surface area contributed by atoms with E-state index in [0.29, 0.717) is 27.5 Å². The van der Waals surface area contributed by atoms with Crippen LogP contribution in [0.2, 0.25) is 0 Å². The first kappa shape index (κ1) is 20.5. The van der Waals surface area contributed by atoms with Crippen molar-refractivity contribution in [1.29, 1.82) is 0 Å². The fourth-order valence-corrected chi connectivity index (χ4v) is 7.17. The second-order valence-electron chi connectivity index (χ2n) is 8.25. The van der Waals surface area contributed by atoms with Crippen LogP contribution in [-0.2, 0) is 4.57 Å². The van der Waals surface area contributed by atoms with Crippen LogP contribution in [0.25, 0.3) is 33.4 Å². The molecule has 5 aromatic rings. The normalized spacial score (nSPS) is 16.2. The Kier molecular flexibility index (Phi) is 4.86. The summed E-state index contributed by atoms with van der Waals surface area (Å²) in [5, 5.41) is 11.9. The van der Waals surface area contributed by atoms with Gasteiger partial charge in [-0.05, 0) is 23.8 Å². The molecule has 0 saturated heterocycles. The number of hydrogen-bond donors (Lipinski definition) is 1. The summed E-state index contributed by atoms with van der Waals surface area (Å²) in [4.78, 5) is 0. The molecule has 6 rings (SSSR count). The molecule has 0 radical (unpaired) electrons. The third-order valence-corrected chi connectivity index (χ3v) is 8.72. The third-order valence-electron chi connectivity index (χ3n) is 6.23. The van der Waals surface area contributed by atoms with E-state index in [0.717, 1.165) is 22.3 Å². The minimum Gasteiger partial charge on any atom is -0.507 e. The van der Waals surface area contributed by atoms with Gasteiger partial charge < -0.3 is 9.63 Å². The van der Waals surface area contributed by atoms with E-state index in [2.05, 4.69) is 0 Å². The number of para-hydroxylation sites is 2. The largest absolute Gasteiger partial charge is 0.507 e. The minimum atomic E-state index is -3.57. The molecule has 3 nitrogen and oxygen atoms in total. The molecule has 1 aliphatic rings. The minimum absolute atomic E-state index is 0.138. The van der Waals surface area contributed by atoms with Crippen molar-refractivity contribution in [1.82, 2.24) is 0 Å². The highest BCUT2D eigenvalue weighted by atomic mass is 31.2. The van der Waals surface area contributed by atoms with Crippen LogP contribution in [0.5, 0.6) is 11.5 Å². The summed E-state index contributed by atoms with van der Waals surface area (Å²) in [5.41, 5.74) is 4.97. The van der Waals surface area contributed by atoms with Crippen LogP contribution in [0.3, 0.4) is 0 Å². The van der Waals surface area contributed by atoms with Crippen molar-refractivity contribution in [3.8, 4) is 44.9 Å². The highest BCUT2D eigenvalue weighted by Crippen LogP contribution is 2.58. The maximum atomic E-state index is 15.0. The fourth-order valence-electron chi connectivity index (χ4n) is 4.67. The molecule has 0 amide bonds. The van der Waals surface area contributed by atoms with Gasteiger partial charge in [-0.25, -0.2) is 0 Å². The molecule has 4 heteroatoms. The summed E-state index contributed by atoms with van der Waals surface area (Å²) in [7, 11) is -3.57. The average molecular weight is 460 g/mol. The molecule has 0 aromatic heterocycles. The molecule has 0 spiro atoms. The number of aromatic hydroxyl groups is 1. The maximum Gasteiger partial charge on any atom is 0.308 e. The summed E-state index contributed by atoms with van der Waals surface area (Å²) in [6.07, 6.45) is 0. The van der Waals surface area contributed by atoms with Gasteiger partial charge in [0.05, 0.1) is 10.6 Å². The summed E-state index contributed by atoms with van der Waals surface area (Å²) in [6.45, 7) is 0. The predicted octanol–water partition coefficient (Wildman–Crippen LogP) is 7.01. The smallest absolute Gasteiger partial charge is 0.308 e. The van der Waals surface area contributed by atoms with Gasteiger partial charge in [0.15, 0.2) is 0 Å². The molecule has 34 heavy (non-hydrogen) atoms. The zero-order valence-electron chi connectivity index (χ0n) is 18.3. The summed E-state index contributed by atoms with van der Waals surface area (Å²) in [5.74, 6) is 0.752. The SMILES string of the molecule is O=P1(c2ccccc2)Oc2c(-c3ccccc3)cccc2-c2cccc(-c3ccccc3O)c21. The number of hydrogen-bond acceptors (Lipinski definition) is 3. The summed E-state index contributed by atoms with van der Waals surface area (Å²) in [6, 6.07) is 38.3. The molecule has 0 fully saturated rings. The van der Waals surface area contributed by atoms with Crippen molar-refractivity contribution >= 4 is 18.0 Å². The van der Waals surface area contributed by atoms with Crippen LogP contribution in [-0.4, -0.2) is 5.11 Å². The van der Waals surface area contributed by atoms with Gasteiger partial charge in [0.1, 0.15) is 11.5 Å². The number of benzene rings is 5. The highest BCUT2D eigenvalue weighted by Gasteiger charge is 2.41. The van der Waals surface area contributed by atoms with Gasteiger partial charge in [-0.3, -0.25) is 4.57 Å². The first-order valence-corrected chi connectivity index (χ1v) is 12.8. The number of phenols is 1. The van der Waals surface area contributed by atoms with Gasteiger partial charge in [-0.2, -0.15) is 0 Å². The van der Waals surface area contributed by atoms with Crippen LogP contribution >= 0.6 is 7.37 Å². The molecule has 1 aliphatic heterocycles. The zero-order chi connectivity index (χ0) is 23.1. The number of phenolic OH excluding ortho intramolecular Hbond substituents is 1. The van der Waals surface area contributed by atoms with E-state index < -0.39 is 7.37 Å². The van der Waals surface area contributed by atoms with Crippen molar-refractivity contribution in [2.24, 2.45) is 0 Å². The Morgan fingerprint density at radius 2 is 1.06 bits per heavy atom. The van der Waals surface area contributed by atoms with Crippen LogP contribution in [0.4, 0.5) is 0 Å². The van der Waals surface area contributed by atoms with E-state index >= 15 is 4.57 Å². The molecule has 0 saturated carbocycles. The molecule has 5 aromatic carbocycles. The second-order valence-corrected chi connectivity index (χ2v) is 10.5. The Bertz CT molecular complexity index is 1560. The van der Waals surface area contributed by atoms with Crippen molar-refractivity contribution in [2.45, 2.75) is 0 Å². The Morgan fingerprint density at radius 3 is 1.76 bits per heavy atom. The Balaban J connectivity index is 1.71. The van der Waals surface area contributed by atoms with Crippen molar-refractivity contribution in [3.63, 3.8) is 0 Å². The highest BCUT2D eigenvalue weighted by molar-refractivity contribution is 7.75. The number of fused-ring (bicyclic) bond motifs is 3. The molecule has 1 heterocycles. The molecular weight excluding hydrogens is 439 g/mol. The van der Waals surface area contributed by atoms with Gasteiger partial charge in [-0.1, -0.05) is 103 Å². The molecular formula is C30H21O3P. The van der Waals surface area contributed by atoms with E-state index in [1.165, 1.54) is 0 Å². The first-order valence-electron chi connectivity index (χ1n) is 11.1. The Morgan fingerprint density at radius 1 is 0.529 bits per heavy atom. The summed E-state index contributed by atoms with van der Waals surface area (Å²) < 4.78 is 21.6. The van der Waals surface area contributed by atoms with Crippen molar-refractivity contribution < 1.29 is 14.2 Å². The van der Waals surface area contributed by atoms with Crippen molar-refractivity contribution in [2.75, 3.05) is 0 Å². The van der Waals surface area contributed by atoms with Crippen LogP contribution in [0, 0.1) is 0 Å². The fraction of sp³-hybridized carbons (Fsp3) is 0. The molecule has 0 bridgehead atoms. The Labute approximate surface area is 198 Å². The lowest BCUT2D eigenvalue weighted by Crippen LogP contribution is -2.27. The van der Waals surface area contributed by atoms with Gasteiger partial charge in [0.2, 0.25) is 0 Å². The quantitative estimate of drug-likeness (QED) is 0.295. The topological polar surface area (TPSA) is 46.5 Å². The number of rotatable bonds is 3. The lowest BCUT2D eigenvalue weighted by atomic mass is 9.94. The van der Waals surface area contributed by atoms with Gasteiger partial charge >= 0.3 is 7.37 Å². The molecule has 1 atom stereocenters. The van der Waals surface area contributed by atoms with E-state index in [-0.39, 0.29) is 5.75 Å². The lowest BCUT2D eigenvalue weighted by Gasteiger charge is -2.32. The standard InChI is InChI=1S/C30H21O3P/c31-28-20-8-7-15-24(28)26-18-10-19-27-25-17-9-16-23(21-11-3-1-4-12-21)29(25)33-34(32,30(26)27)22-13-5-2-6-14-22/h1-20,31H. The molecule has 164 valence electrons. The molecule has 0 aliphatic carbocycles. The van der Waals surface area contributed by atoms with Gasteiger partial charge in [0.25, 0.3) is 0 Å². The van der Waals surface area contributed by atoms with Gasteiger partial charge in [-0.15, -0.1) is 0 Å². The molecule has 1 N–H and O–H groups in total. The van der Waals surface area contributed by atoms with E-state index in [1.807, 2.05) is 109 Å². The van der Waals surface area contributed by atoms with Gasteiger partial charge in [0, 0.05) is 27.8 Å². The summed E-state index contributed by atoms with van der Waals surface area (Å²) >= 11 is 0. The van der Waals surface area contributed by atoms with E-state index in [9.17, 15) is 5.11 Å². The maximum absolute atomic E-state index is 15.0. The van der Waals surface area contributed by atoms with E-state index in [4.69, 9.17) is 4.52 Å². The second kappa shape index (κ2) is 8.06. The lowest BCUT2D eigenvalue weighted by molar-refractivity contribution is 0.477. The van der Waals surface area contributed by atoms with Crippen LogP contribution in [0.15, 0.2) is 121 Å².